The van der Waals surface area contributed by atoms with Gasteiger partial charge in [-0.25, -0.2) is 0 Å². The molecule has 1 aromatic rings. The molecular formula is C15H22N2O. The lowest BCUT2D eigenvalue weighted by molar-refractivity contribution is 0.208. The Balaban J connectivity index is 1.77. The molecule has 2 N–H and O–H groups in total. The summed E-state index contributed by atoms with van der Waals surface area (Å²) in [6.07, 6.45) is 3.75. The number of methoxy groups -OCH3 is 1. The molecule has 0 aromatic heterocycles. The SMILES string of the molecule is COc1cccc(N2CC3CC(N)CC(C3)C2)c1. The number of rotatable bonds is 2. The van der Waals surface area contributed by atoms with Crippen LogP contribution in [0.1, 0.15) is 19.3 Å². The van der Waals surface area contributed by atoms with Gasteiger partial charge in [0.05, 0.1) is 7.11 Å². The predicted octanol–water partition coefficient (Wildman–Crippen LogP) is 2.26. The molecule has 1 aromatic carbocycles. The smallest absolute Gasteiger partial charge is 0.120 e. The Morgan fingerprint density at radius 1 is 1.17 bits per heavy atom. The number of piperidine rings is 1. The molecule has 1 aliphatic carbocycles. The minimum Gasteiger partial charge on any atom is -0.497 e. The van der Waals surface area contributed by atoms with Gasteiger partial charge < -0.3 is 15.4 Å². The van der Waals surface area contributed by atoms with Gasteiger partial charge in [0, 0.05) is 30.9 Å². The fourth-order valence-corrected chi connectivity index (χ4v) is 3.63. The normalized spacial score (nSPS) is 31.2. The van der Waals surface area contributed by atoms with Crippen molar-refractivity contribution >= 4 is 5.69 Å². The average Bonchev–Trinajstić information content (AvgIpc) is 2.37. The van der Waals surface area contributed by atoms with Crippen LogP contribution in [0.2, 0.25) is 0 Å². The topological polar surface area (TPSA) is 38.5 Å². The number of anilines is 1. The Bertz CT molecular complexity index is 403. The van der Waals surface area contributed by atoms with Crippen molar-refractivity contribution in [3.8, 4) is 5.75 Å². The van der Waals surface area contributed by atoms with Gasteiger partial charge in [0.2, 0.25) is 0 Å². The Labute approximate surface area is 109 Å². The van der Waals surface area contributed by atoms with Gasteiger partial charge in [-0.15, -0.1) is 0 Å². The van der Waals surface area contributed by atoms with Crippen molar-refractivity contribution in [3.05, 3.63) is 24.3 Å². The highest BCUT2D eigenvalue weighted by Crippen LogP contribution is 2.36. The van der Waals surface area contributed by atoms with Crippen LogP contribution in [0.4, 0.5) is 5.69 Å². The molecule has 2 unspecified atom stereocenters. The van der Waals surface area contributed by atoms with Gasteiger partial charge in [-0.3, -0.25) is 0 Å². The third kappa shape index (κ3) is 2.32. The van der Waals surface area contributed by atoms with Gasteiger partial charge in [-0.1, -0.05) is 6.07 Å². The first-order chi connectivity index (χ1) is 8.74. The maximum absolute atomic E-state index is 6.12. The summed E-state index contributed by atoms with van der Waals surface area (Å²) in [7, 11) is 1.73. The first-order valence-corrected chi connectivity index (χ1v) is 6.89. The number of ether oxygens (including phenoxy) is 1. The Morgan fingerprint density at radius 2 is 1.89 bits per heavy atom. The van der Waals surface area contributed by atoms with Crippen molar-refractivity contribution in [1.29, 1.82) is 0 Å². The Kier molecular flexibility index (Phi) is 3.16. The molecule has 18 heavy (non-hydrogen) atoms. The number of nitrogens with zero attached hydrogens (tertiary/aromatic N) is 1. The van der Waals surface area contributed by atoms with Crippen molar-refractivity contribution in [2.24, 2.45) is 17.6 Å². The molecule has 1 heterocycles. The summed E-state index contributed by atoms with van der Waals surface area (Å²) < 4.78 is 5.31. The Morgan fingerprint density at radius 3 is 2.56 bits per heavy atom. The van der Waals surface area contributed by atoms with Crippen LogP contribution in [0.5, 0.6) is 5.75 Å². The standard InChI is InChI=1S/C15H22N2O/c1-18-15-4-2-3-14(8-15)17-9-11-5-12(10-17)7-13(16)6-11/h2-4,8,11-13H,5-7,9-10,16H2,1H3. The Hall–Kier alpha value is -1.22. The van der Waals surface area contributed by atoms with E-state index in [1.807, 2.05) is 6.07 Å². The van der Waals surface area contributed by atoms with E-state index in [0.717, 1.165) is 30.7 Å². The van der Waals surface area contributed by atoms with Crippen LogP contribution < -0.4 is 15.4 Å². The van der Waals surface area contributed by atoms with E-state index >= 15 is 0 Å². The first-order valence-electron chi connectivity index (χ1n) is 6.89. The first kappa shape index (κ1) is 11.8. The summed E-state index contributed by atoms with van der Waals surface area (Å²) in [5.74, 6) is 2.50. The molecule has 2 bridgehead atoms. The third-order valence-corrected chi connectivity index (χ3v) is 4.31. The number of hydrogen-bond acceptors (Lipinski definition) is 3. The van der Waals surface area contributed by atoms with Crippen LogP contribution in [0.25, 0.3) is 0 Å². The predicted molar refractivity (Wildman–Crippen MR) is 74.0 cm³/mol. The van der Waals surface area contributed by atoms with E-state index in [9.17, 15) is 0 Å². The van der Waals surface area contributed by atoms with Crippen LogP contribution in [0, 0.1) is 11.8 Å². The van der Waals surface area contributed by atoms with Crippen molar-refractivity contribution in [2.45, 2.75) is 25.3 Å². The van der Waals surface area contributed by atoms with E-state index in [1.54, 1.807) is 7.11 Å². The van der Waals surface area contributed by atoms with Gasteiger partial charge >= 0.3 is 0 Å². The third-order valence-electron chi connectivity index (χ3n) is 4.31. The van der Waals surface area contributed by atoms with Gasteiger partial charge in [0.15, 0.2) is 0 Å². The molecule has 3 heteroatoms. The van der Waals surface area contributed by atoms with Crippen LogP contribution in [0.3, 0.4) is 0 Å². The summed E-state index contributed by atoms with van der Waals surface area (Å²) in [6.45, 7) is 2.30. The second kappa shape index (κ2) is 4.81. The van der Waals surface area contributed by atoms with Gasteiger partial charge in [0.1, 0.15) is 5.75 Å². The van der Waals surface area contributed by atoms with Crippen molar-refractivity contribution in [2.75, 3.05) is 25.1 Å². The highest BCUT2D eigenvalue weighted by atomic mass is 16.5. The van der Waals surface area contributed by atoms with E-state index < -0.39 is 0 Å². The van der Waals surface area contributed by atoms with Crippen molar-refractivity contribution in [1.82, 2.24) is 0 Å². The molecular weight excluding hydrogens is 224 g/mol. The number of nitrogens with two attached hydrogens (primary N) is 1. The molecule has 98 valence electrons. The minimum absolute atomic E-state index is 0.432. The molecule has 3 nitrogen and oxygen atoms in total. The lowest BCUT2D eigenvalue weighted by Crippen LogP contribution is -2.47. The molecule has 0 radical (unpaired) electrons. The lowest BCUT2D eigenvalue weighted by Gasteiger charge is -2.44. The number of benzene rings is 1. The van der Waals surface area contributed by atoms with Crippen molar-refractivity contribution < 1.29 is 4.74 Å². The average molecular weight is 246 g/mol. The summed E-state index contributed by atoms with van der Waals surface area (Å²) in [6, 6.07) is 8.83. The van der Waals surface area contributed by atoms with E-state index in [-0.39, 0.29) is 0 Å². The van der Waals surface area contributed by atoms with Gasteiger partial charge in [0.25, 0.3) is 0 Å². The van der Waals surface area contributed by atoms with E-state index in [2.05, 4.69) is 23.1 Å². The molecule has 2 aliphatic rings. The fraction of sp³-hybridized carbons (Fsp3) is 0.600. The lowest BCUT2D eigenvalue weighted by atomic mass is 9.75. The van der Waals surface area contributed by atoms with Crippen LogP contribution in [-0.4, -0.2) is 26.2 Å². The van der Waals surface area contributed by atoms with Gasteiger partial charge in [-0.05, 0) is 43.2 Å². The van der Waals surface area contributed by atoms with Crippen LogP contribution >= 0.6 is 0 Å². The highest BCUT2D eigenvalue weighted by molar-refractivity contribution is 5.51. The molecule has 2 fully saturated rings. The number of hydrogen-bond donors (Lipinski definition) is 1. The summed E-state index contributed by atoms with van der Waals surface area (Å²) in [5.41, 5.74) is 7.41. The fourth-order valence-electron chi connectivity index (χ4n) is 3.63. The summed E-state index contributed by atoms with van der Waals surface area (Å²) >= 11 is 0. The van der Waals surface area contributed by atoms with Crippen molar-refractivity contribution in [3.63, 3.8) is 0 Å². The second-order valence-electron chi connectivity index (χ2n) is 5.81. The molecule has 1 saturated carbocycles. The molecule has 0 amide bonds. The zero-order chi connectivity index (χ0) is 12.5. The van der Waals surface area contributed by atoms with Crippen LogP contribution in [0.15, 0.2) is 24.3 Å². The monoisotopic (exact) mass is 246 g/mol. The molecule has 1 aliphatic heterocycles. The van der Waals surface area contributed by atoms with Crippen LogP contribution in [-0.2, 0) is 0 Å². The summed E-state index contributed by atoms with van der Waals surface area (Å²) in [5, 5.41) is 0. The van der Waals surface area contributed by atoms with E-state index in [0.29, 0.717) is 6.04 Å². The largest absolute Gasteiger partial charge is 0.497 e. The minimum atomic E-state index is 0.432. The zero-order valence-corrected chi connectivity index (χ0v) is 11.0. The van der Waals surface area contributed by atoms with E-state index in [4.69, 9.17) is 10.5 Å². The quantitative estimate of drug-likeness (QED) is 0.870. The van der Waals surface area contributed by atoms with Gasteiger partial charge in [-0.2, -0.15) is 0 Å². The maximum atomic E-state index is 6.12. The van der Waals surface area contributed by atoms with E-state index in [1.165, 1.54) is 24.9 Å². The molecule has 2 atom stereocenters. The molecule has 1 saturated heterocycles. The highest BCUT2D eigenvalue weighted by Gasteiger charge is 2.33. The maximum Gasteiger partial charge on any atom is 0.120 e. The number of fused-ring (bicyclic) bond motifs is 2. The zero-order valence-electron chi connectivity index (χ0n) is 11.0. The molecule has 0 spiro atoms. The summed E-state index contributed by atoms with van der Waals surface area (Å²) in [4.78, 5) is 2.51. The molecule has 3 rings (SSSR count). The second-order valence-corrected chi connectivity index (χ2v) is 5.81.